The lowest BCUT2D eigenvalue weighted by atomic mass is 10.6. The first-order valence-electron chi connectivity index (χ1n) is 2.28. The van der Waals surface area contributed by atoms with Gasteiger partial charge in [-0.15, -0.1) is 16.9 Å². The molecule has 0 aromatic carbocycles. The SMILES string of the molecule is CSC1=CC(Cl)=N[N]N1. The standard InChI is InChI=1S/C4H5ClN3S/c1-9-4-2-3(5)6-8-7-4/h2,7H,1H3. The Morgan fingerprint density at radius 1 is 1.78 bits per heavy atom. The topological polar surface area (TPSA) is 38.5 Å². The molecule has 9 heavy (non-hydrogen) atoms. The highest BCUT2D eigenvalue weighted by atomic mass is 35.5. The summed E-state index contributed by atoms with van der Waals surface area (Å²) in [4.78, 5) is 0. The Labute approximate surface area is 62.5 Å². The Hall–Kier alpha value is -0.350. The summed E-state index contributed by atoms with van der Waals surface area (Å²) in [6, 6.07) is 0. The molecule has 0 aromatic rings. The van der Waals surface area contributed by atoms with Gasteiger partial charge >= 0.3 is 0 Å². The molecule has 49 valence electrons. The Kier molecular flexibility index (Phi) is 2.24. The molecule has 1 aliphatic rings. The van der Waals surface area contributed by atoms with Gasteiger partial charge in [0.15, 0.2) is 5.17 Å². The van der Waals surface area contributed by atoms with Crippen LogP contribution in [0.1, 0.15) is 0 Å². The smallest absolute Gasteiger partial charge is 0.156 e. The van der Waals surface area contributed by atoms with Gasteiger partial charge in [0.2, 0.25) is 0 Å². The molecule has 0 saturated carbocycles. The van der Waals surface area contributed by atoms with Crippen LogP contribution in [0.5, 0.6) is 0 Å². The van der Waals surface area contributed by atoms with Crippen LogP contribution in [0.15, 0.2) is 16.2 Å². The van der Waals surface area contributed by atoms with Crippen molar-refractivity contribution in [1.29, 1.82) is 0 Å². The molecule has 5 heteroatoms. The van der Waals surface area contributed by atoms with Crippen molar-refractivity contribution in [3.63, 3.8) is 0 Å². The molecule has 0 aliphatic carbocycles. The van der Waals surface area contributed by atoms with Crippen molar-refractivity contribution in [2.24, 2.45) is 5.10 Å². The molecule has 0 amide bonds. The van der Waals surface area contributed by atoms with Gasteiger partial charge in [-0.1, -0.05) is 17.1 Å². The lowest BCUT2D eigenvalue weighted by molar-refractivity contribution is 0.637. The van der Waals surface area contributed by atoms with Gasteiger partial charge in [-0.25, -0.2) is 0 Å². The van der Waals surface area contributed by atoms with E-state index in [-0.39, 0.29) is 0 Å². The van der Waals surface area contributed by atoms with E-state index in [1.807, 2.05) is 6.26 Å². The van der Waals surface area contributed by atoms with Crippen molar-refractivity contribution in [3.05, 3.63) is 11.1 Å². The van der Waals surface area contributed by atoms with E-state index in [1.165, 1.54) is 0 Å². The molecule has 0 unspecified atom stereocenters. The van der Waals surface area contributed by atoms with Crippen molar-refractivity contribution >= 4 is 28.5 Å². The van der Waals surface area contributed by atoms with E-state index in [0.717, 1.165) is 5.03 Å². The largest absolute Gasteiger partial charge is 0.253 e. The van der Waals surface area contributed by atoms with E-state index in [2.05, 4.69) is 16.1 Å². The van der Waals surface area contributed by atoms with E-state index < -0.39 is 0 Å². The third kappa shape index (κ3) is 1.80. The van der Waals surface area contributed by atoms with Crippen molar-refractivity contribution in [2.75, 3.05) is 6.26 Å². The van der Waals surface area contributed by atoms with Gasteiger partial charge < -0.3 is 0 Å². The maximum absolute atomic E-state index is 5.52. The summed E-state index contributed by atoms with van der Waals surface area (Å²) in [5, 5.41) is 4.86. The molecule has 1 N–H and O–H groups in total. The predicted molar refractivity (Wildman–Crippen MR) is 40.2 cm³/mol. The van der Waals surface area contributed by atoms with E-state index in [0.29, 0.717) is 5.17 Å². The van der Waals surface area contributed by atoms with Crippen LogP contribution in [0, 0.1) is 0 Å². The Morgan fingerprint density at radius 2 is 2.56 bits per heavy atom. The van der Waals surface area contributed by atoms with Gasteiger partial charge in [0.1, 0.15) is 0 Å². The van der Waals surface area contributed by atoms with Crippen molar-refractivity contribution < 1.29 is 0 Å². The number of thioether (sulfide) groups is 1. The van der Waals surface area contributed by atoms with Gasteiger partial charge in [-0.3, -0.25) is 5.43 Å². The van der Waals surface area contributed by atoms with E-state index in [4.69, 9.17) is 11.6 Å². The zero-order chi connectivity index (χ0) is 6.69. The lowest BCUT2D eigenvalue weighted by Gasteiger charge is -2.07. The van der Waals surface area contributed by atoms with Crippen LogP contribution in [0.3, 0.4) is 0 Å². The predicted octanol–water partition coefficient (Wildman–Crippen LogP) is 0.866. The fourth-order valence-electron chi connectivity index (χ4n) is 0.396. The summed E-state index contributed by atoms with van der Waals surface area (Å²) in [5.41, 5.74) is 6.20. The van der Waals surface area contributed by atoms with Crippen LogP contribution in [0.4, 0.5) is 0 Å². The molecular weight excluding hydrogens is 158 g/mol. The van der Waals surface area contributed by atoms with Crippen LogP contribution >= 0.6 is 23.4 Å². The molecule has 0 saturated heterocycles. The van der Waals surface area contributed by atoms with Gasteiger partial charge in [0, 0.05) is 6.08 Å². The summed E-state index contributed by atoms with van der Waals surface area (Å²) in [5.74, 6) is 0. The number of hydrogen-bond acceptors (Lipinski definition) is 3. The van der Waals surface area contributed by atoms with Crippen LogP contribution in [-0.2, 0) is 0 Å². The Morgan fingerprint density at radius 3 is 3.00 bits per heavy atom. The minimum absolute atomic E-state index is 0.415. The fraction of sp³-hybridized carbons (Fsp3) is 0.250. The first-order chi connectivity index (χ1) is 4.33. The third-order valence-corrected chi connectivity index (χ3v) is 1.61. The number of rotatable bonds is 1. The van der Waals surface area contributed by atoms with Gasteiger partial charge in [0.25, 0.3) is 0 Å². The number of halogens is 1. The Balaban J connectivity index is 2.63. The monoisotopic (exact) mass is 162 g/mol. The molecule has 1 rings (SSSR count). The zero-order valence-corrected chi connectivity index (χ0v) is 6.33. The molecule has 0 bridgehead atoms. The first kappa shape index (κ1) is 6.77. The molecule has 3 nitrogen and oxygen atoms in total. The normalized spacial score (nSPS) is 17.1. The molecule has 0 fully saturated rings. The molecular formula is C4H5ClN3S. The van der Waals surface area contributed by atoms with Crippen molar-refractivity contribution in [2.45, 2.75) is 0 Å². The lowest BCUT2D eigenvalue weighted by Crippen LogP contribution is -2.22. The van der Waals surface area contributed by atoms with Crippen LogP contribution < -0.4 is 11.0 Å². The second kappa shape index (κ2) is 2.98. The molecule has 1 heterocycles. The van der Waals surface area contributed by atoms with E-state index in [9.17, 15) is 0 Å². The maximum atomic E-state index is 5.52. The summed E-state index contributed by atoms with van der Waals surface area (Å²) in [6.45, 7) is 0. The van der Waals surface area contributed by atoms with E-state index in [1.54, 1.807) is 17.8 Å². The average Bonchev–Trinajstić information content (AvgIpc) is 1.88. The quantitative estimate of drug-likeness (QED) is 0.622. The van der Waals surface area contributed by atoms with Crippen LogP contribution in [0.25, 0.3) is 0 Å². The van der Waals surface area contributed by atoms with Crippen LogP contribution in [0.2, 0.25) is 0 Å². The minimum atomic E-state index is 0.415. The maximum Gasteiger partial charge on any atom is 0.156 e. The second-order valence-corrected chi connectivity index (χ2v) is 2.58. The van der Waals surface area contributed by atoms with Gasteiger partial charge in [0.05, 0.1) is 5.03 Å². The number of hydrogen-bond donors (Lipinski definition) is 1. The average molecular weight is 163 g/mol. The zero-order valence-electron chi connectivity index (χ0n) is 4.76. The summed E-state index contributed by atoms with van der Waals surface area (Å²) in [7, 11) is 0. The highest BCUT2D eigenvalue weighted by Gasteiger charge is 2.01. The van der Waals surface area contributed by atoms with Crippen LogP contribution in [-0.4, -0.2) is 11.4 Å². The van der Waals surface area contributed by atoms with Gasteiger partial charge in [-0.2, -0.15) is 0 Å². The number of nitrogens with one attached hydrogen (secondary N) is 1. The molecule has 1 radical (unpaired) electrons. The molecule has 1 aliphatic heterocycles. The molecule has 0 spiro atoms. The fourth-order valence-corrected chi connectivity index (χ4v) is 0.969. The summed E-state index contributed by atoms with van der Waals surface area (Å²) >= 11 is 7.06. The van der Waals surface area contributed by atoms with Crippen molar-refractivity contribution in [1.82, 2.24) is 11.0 Å². The first-order valence-corrected chi connectivity index (χ1v) is 3.88. The highest BCUT2D eigenvalue weighted by Crippen LogP contribution is 2.09. The van der Waals surface area contributed by atoms with E-state index >= 15 is 0 Å². The number of allylic oxidation sites excluding steroid dienone is 1. The number of nitrogens with zero attached hydrogens (tertiary/aromatic N) is 2. The van der Waals surface area contributed by atoms with Crippen molar-refractivity contribution in [3.8, 4) is 0 Å². The van der Waals surface area contributed by atoms with Gasteiger partial charge in [-0.05, 0) is 6.26 Å². The minimum Gasteiger partial charge on any atom is -0.253 e. The summed E-state index contributed by atoms with van der Waals surface area (Å²) < 4.78 is 0. The third-order valence-electron chi connectivity index (χ3n) is 0.776. The molecule has 0 aromatic heterocycles. The highest BCUT2D eigenvalue weighted by molar-refractivity contribution is 8.02. The summed E-state index contributed by atoms with van der Waals surface area (Å²) in [6.07, 6.45) is 3.66. The second-order valence-electron chi connectivity index (χ2n) is 1.35. The molecule has 0 atom stereocenters. The Bertz CT molecular complexity index is 165.